The van der Waals surface area contributed by atoms with Gasteiger partial charge in [0.1, 0.15) is 5.65 Å². The Kier molecular flexibility index (Phi) is 4.59. The number of methoxy groups -OCH3 is 1. The van der Waals surface area contributed by atoms with E-state index in [4.69, 9.17) is 4.74 Å². The highest BCUT2D eigenvalue weighted by molar-refractivity contribution is 5.80. The van der Waals surface area contributed by atoms with Crippen LogP contribution < -0.4 is 4.74 Å². The van der Waals surface area contributed by atoms with E-state index in [0.29, 0.717) is 5.88 Å². The lowest BCUT2D eigenvalue weighted by molar-refractivity contribution is 0.397. The molecule has 0 saturated carbocycles. The molecule has 0 bridgehead atoms. The van der Waals surface area contributed by atoms with Crippen molar-refractivity contribution in [3.63, 3.8) is 0 Å². The smallest absolute Gasteiger partial charge is 0.212 e. The molecule has 0 saturated heterocycles. The van der Waals surface area contributed by atoms with Crippen LogP contribution in [-0.2, 0) is 12.8 Å². The van der Waals surface area contributed by atoms with Gasteiger partial charge in [0, 0.05) is 54.8 Å². The molecule has 4 rings (SSSR count). The molecule has 0 aromatic carbocycles. The molecule has 0 fully saturated rings. The van der Waals surface area contributed by atoms with E-state index in [1.54, 1.807) is 7.11 Å². The second-order valence-corrected chi connectivity index (χ2v) is 6.87. The first kappa shape index (κ1) is 17.2. The maximum absolute atomic E-state index is 5.12. The van der Waals surface area contributed by atoms with Crippen LogP contribution in [0.15, 0.2) is 49.1 Å². The molecule has 1 N–H and O–H groups in total. The molecule has 0 aliphatic heterocycles. The van der Waals surface area contributed by atoms with Gasteiger partial charge in [-0.05, 0) is 47.7 Å². The molecule has 0 aliphatic rings. The number of hydrogen-bond acceptors (Lipinski definition) is 4. The zero-order valence-electron chi connectivity index (χ0n) is 15.8. The second-order valence-electron chi connectivity index (χ2n) is 6.87. The molecule has 5 heteroatoms. The highest BCUT2D eigenvalue weighted by Gasteiger charge is 2.10. The SMILES string of the molecule is COc1ccc(Cc2cnc(C)c(Cc3c[nH]c4ncc(C)cc34)c2)cn1. The molecule has 0 amide bonds. The zero-order chi connectivity index (χ0) is 18.8. The quantitative estimate of drug-likeness (QED) is 0.582. The minimum Gasteiger partial charge on any atom is -0.481 e. The Morgan fingerprint density at radius 2 is 1.74 bits per heavy atom. The fourth-order valence-corrected chi connectivity index (χ4v) is 3.29. The zero-order valence-corrected chi connectivity index (χ0v) is 15.8. The highest BCUT2D eigenvalue weighted by atomic mass is 16.5. The molecule has 4 aromatic heterocycles. The first-order valence-corrected chi connectivity index (χ1v) is 8.98. The first-order chi connectivity index (χ1) is 13.1. The van der Waals surface area contributed by atoms with E-state index in [1.165, 1.54) is 27.6 Å². The summed E-state index contributed by atoms with van der Waals surface area (Å²) in [6.45, 7) is 4.13. The third-order valence-corrected chi connectivity index (χ3v) is 4.80. The summed E-state index contributed by atoms with van der Waals surface area (Å²) in [7, 11) is 1.62. The average Bonchev–Trinajstić information content (AvgIpc) is 3.07. The Balaban J connectivity index is 1.60. The van der Waals surface area contributed by atoms with Gasteiger partial charge in [0.25, 0.3) is 0 Å². The van der Waals surface area contributed by atoms with Gasteiger partial charge in [0.2, 0.25) is 5.88 Å². The number of aryl methyl sites for hydroxylation is 2. The lowest BCUT2D eigenvalue weighted by Gasteiger charge is -2.09. The first-order valence-electron chi connectivity index (χ1n) is 8.98. The summed E-state index contributed by atoms with van der Waals surface area (Å²) in [4.78, 5) is 16.6. The van der Waals surface area contributed by atoms with Crippen molar-refractivity contribution in [1.82, 2.24) is 19.9 Å². The van der Waals surface area contributed by atoms with Crippen molar-refractivity contribution in [2.45, 2.75) is 26.7 Å². The summed E-state index contributed by atoms with van der Waals surface area (Å²) in [5.74, 6) is 0.629. The summed E-state index contributed by atoms with van der Waals surface area (Å²) < 4.78 is 5.12. The Morgan fingerprint density at radius 1 is 0.889 bits per heavy atom. The number of H-pyrrole nitrogens is 1. The normalized spacial score (nSPS) is 11.1. The lowest BCUT2D eigenvalue weighted by Crippen LogP contribution is -1.99. The van der Waals surface area contributed by atoms with E-state index in [2.05, 4.69) is 52.1 Å². The van der Waals surface area contributed by atoms with Crippen molar-refractivity contribution < 1.29 is 4.74 Å². The average molecular weight is 358 g/mol. The molecule has 5 nitrogen and oxygen atoms in total. The summed E-state index contributed by atoms with van der Waals surface area (Å²) in [5.41, 5.74) is 7.95. The predicted octanol–water partition coefficient (Wildman–Crippen LogP) is 4.16. The Bertz CT molecular complexity index is 1080. The summed E-state index contributed by atoms with van der Waals surface area (Å²) >= 11 is 0. The van der Waals surface area contributed by atoms with Crippen LogP contribution in [0.2, 0.25) is 0 Å². The number of nitrogens with zero attached hydrogens (tertiary/aromatic N) is 3. The fourth-order valence-electron chi connectivity index (χ4n) is 3.29. The number of nitrogens with one attached hydrogen (secondary N) is 1. The summed E-state index contributed by atoms with van der Waals surface area (Å²) in [5, 5.41) is 1.18. The third-order valence-electron chi connectivity index (χ3n) is 4.80. The number of aromatic amines is 1. The van der Waals surface area contributed by atoms with E-state index in [0.717, 1.165) is 29.7 Å². The predicted molar refractivity (Wildman–Crippen MR) is 106 cm³/mol. The standard InChI is InChI=1S/C22H22N4O/c1-14-6-20-19(13-26-22(20)25-10-14)9-18-8-17(12-23-15(18)2)7-16-4-5-21(27-3)24-11-16/h4-6,8,10-13H,7,9H2,1-3H3,(H,25,26). The monoisotopic (exact) mass is 358 g/mol. The van der Waals surface area contributed by atoms with Crippen LogP contribution in [0.5, 0.6) is 5.88 Å². The molecule has 0 radical (unpaired) electrons. The third kappa shape index (κ3) is 3.67. The molecule has 0 spiro atoms. The highest BCUT2D eigenvalue weighted by Crippen LogP contribution is 2.23. The van der Waals surface area contributed by atoms with Gasteiger partial charge >= 0.3 is 0 Å². The van der Waals surface area contributed by atoms with E-state index < -0.39 is 0 Å². The van der Waals surface area contributed by atoms with Crippen LogP contribution in [0.25, 0.3) is 11.0 Å². The van der Waals surface area contributed by atoms with E-state index in [-0.39, 0.29) is 0 Å². The van der Waals surface area contributed by atoms with Crippen LogP contribution in [0.4, 0.5) is 0 Å². The van der Waals surface area contributed by atoms with E-state index >= 15 is 0 Å². The maximum atomic E-state index is 5.12. The summed E-state index contributed by atoms with van der Waals surface area (Å²) in [6, 6.07) is 8.36. The van der Waals surface area contributed by atoms with Gasteiger partial charge in [-0.25, -0.2) is 9.97 Å². The lowest BCUT2D eigenvalue weighted by atomic mass is 10.00. The van der Waals surface area contributed by atoms with Gasteiger partial charge in [0.05, 0.1) is 7.11 Å². The molecular weight excluding hydrogens is 336 g/mol. The van der Waals surface area contributed by atoms with Gasteiger partial charge in [-0.2, -0.15) is 0 Å². The van der Waals surface area contributed by atoms with Crippen LogP contribution in [0.1, 0.15) is 33.5 Å². The van der Waals surface area contributed by atoms with Crippen molar-refractivity contribution in [3.05, 3.63) is 82.6 Å². The number of aromatic nitrogens is 4. The van der Waals surface area contributed by atoms with Crippen LogP contribution >= 0.6 is 0 Å². The van der Waals surface area contributed by atoms with Gasteiger partial charge in [-0.1, -0.05) is 12.1 Å². The number of hydrogen-bond donors (Lipinski definition) is 1. The number of ether oxygens (including phenoxy) is 1. The van der Waals surface area contributed by atoms with Gasteiger partial charge in [-0.15, -0.1) is 0 Å². The molecular formula is C22H22N4O. The van der Waals surface area contributed by atoms with Crippen LogP contribution in [-0.4, -0.2) is 27.0 Å². The molecule has 27 heavy (non-hydrogen) atoms. The molecule has 136 valence electrons. The molecule has 0 aliphatic carbocycles. The minimum absolute atomic E-state index is 0.629. The summed E-state index contributed by atoms with van der Waals surface area (Å²) in [6.07, 6.45) is 9.37. The van der Waals surface area contributed by atoms with Crippen molar-refractivity contribution in [2.24, 2.45) is 0 Å². The molecule has 4 heterocycles. The van der Waals surface area contributed by atoms with Crippen molar-refractivity contribution in [3.8, 4) is 5.88 Å². The molecule has 0 unspecified atom stereocenters. The number of pyridine rings is 3. The largest absolute Gasteiger partial charge is 0.481 e. The molecule has 4 aromatic rings. The Labute approximate surface area is 158 Å². The number of fused-ring (bicyclic) bond motifs is 1. The van der Waals surface area contributed by atoms with E-state index in [9.17, 15) is 0 Å². The van der Waals surface area contributed by atoms with Gasteiger partial charge in [-0.3, -0.25) is 4.98 Å². The molecule has 0 atom stereocenters. The topological polar surface area (TPSA) is 63.7 Å². The fraction of sp³-hybridized carbons (Fsp3) is 0.227. The van der Waals surface area contributed by atoms with Gasteiger partial charge < -0.3 is 9.72 Å². The Hall–Kier alpha value is -3.21. The second kappa shape index (κ2) is 7.19. The van der Waals surface area contributed by atoms with E-state index in [1.807, 2.05) is 30.7 Å². The van der Waals surface area contributed by atoms with Crippen molar-refractivity contribution >= 4 is 11.0 Å². The minimum atomic E-state index is 0.629. The van der Waals surface area contributed by atoms with Crippen molar-refractivity contribution in [1.29, 1.82) is 0 Å². The van der Waals surface area contributed by atoms with Crippen LogP contribution in [0, 0.1) is 13.8 Å². The maximum Gasteiger partial charge on any atom is 0.212 e. The van der Waals surface area contributed by atoms with Crippen LogP contribution in [0.3, 0.4) is 0 Å². The van der Waals surface area contributed by atoms with Gasteiger partial charge in [0.15, 0.2) is 0 Å². The number of rotatable bonds is 5. The Morgan fingerprint density at radius 3 is 2.52 bits per heavy atom. The van der Waals surface area contributed by atoms with Crippen molar-refractivity contribution in [2.75, 3.05) is 7.11 Å².